The van der Waals surface area contributed by atoms with Crippen LogP contribution in [0.1, 0.15) is 25.3 Å². The minimum absolute atomic E-state index is 0.244. The van der Waals surface area contributed by atoms with Crippen LogP contribution in [-0.2, 0) is 10.3 Å². The highest BCUT2D eigenvalue weighted by Gasteiger charge is 2.27. The topological polar surface area (TPSA) is 59.0 Å². The highest BCUT2D eigenvalue weighted by molar-refractivity contribution is 5.30. The van der Waals surface area contributed by atoms with Gasteiger partial charge in [-0.15, -0.1) is 0 Å². The lowest BCUT2D eigenvalue weighted by molar-refractivity contribution is 0.0999. The van der Waals surface area contributed by atoms with E-state index in [1.165, 1.54) is 0 Å². The monoisotopic (exact) mass is 218 g/mol. The van der Waals surface area contributed by atoms with Crippen LogP contribution in [0.4, 0.5) is 0 Å². The van der Waals surface area contributed by atoms with Gasteiger partial charge in [0, 0.05) is 6.61 Å². The van der Waals surface area contributed by atoms with Crippen LogP contribution in [0.25, 0.3) is 0 Å². The lowest BCUT2D eigenvalue weighted by Gasteiger charge is -2.21. The van der Waals surface area contributed by atoms with E-state index in [1.54, 1.807) is 0 Å². The van der Waals surface area contributed by atoms with E-state index < -0.39 is 5.54 Å². The summed E-state index contributed by atoms with van der Waals surface area (Å²) >= 11 is 0. The number of hydrogen-bond acceptors (Lipinski definition) is 3. The number of unbranched alkanes of at least 4 members (excludes halogenated alkanes) is 1. The Morgan fingerprint density at radius 1 is 1.38 bits per heavy atom. The summed E-state index contributed by atoms with van der Waals surface area (Å²) in [6.07, 6.45) is 2.08. The van der Waals surface area contributed by atoms with Crippen LogP contribution >= 0.6 is 0 Å². The Balaban J connectivity index is 2.61. The van der Waals surface area contributed by atoms with Crippen molar-refractivity contribution in [1.82, 2.24) is 0 Å². The molecule has 0 heterocycles. The van der Waals surface area contributed by atoms with Gasteiger partial charge in [-0.1, -0.05) is 43.7 Å². The summed E-state index contributed by atoms with van der Waals surface area (Å²) in [5, 5.41) is 9.14. The molecule has 1 rings (SSSR count). The summed E-state index contributed by atoms with van der Waals surface area (Å²) in [6.45, 7) is 3.00. The minimum Gasteiger partial charge on any atom is -0.378 e. The Hall–Kier alpha value is -1.37. The molecule has 16 heavy (non-hydrogen) atoms. The molecule has 0 aromatic heterocycles. The van der Waals surface area contributed by atoms with Crippen LogP contribution < -0.4 is 5.73 Å². The summed E-state index contributed by atoms with van der Waals surface area (Å²) in [7, 11) is 0. The van der Waals surface area contributed by atoms with Gasteiger partial charge in [-0.25, -0.2) is 0 Å². The standard InChI is InChI=1S/C13H18N2O/c1-2-3-9-16-11-13(15,10-14)12-7-5-4-6-8-12/h4-8H,2-3,9,11,15H2,1H3. The molecule has 3 heteroatoms. The van der Waals surface area contributed by atoms with Crippen molar-refractivity contribution in [2.24, 2.45) is 5.73 Å². The molecule has 0 radical (unpaired) electrons. The molecule has 0 saturated carbocycles. The fourth-order valence-corrected chi connectivity index (χ4v) is 1.40. The van der Waals surface area contributed by atoms with Gasteiger partial charge in [0.25, 0.3) is 0 Å². The maximum Gasteiger partial charge on any atom is 0.153 e. The van der Waals surface area contributed by atoms with Gasteiger partial charge in [0.1, 0.15) is 0 Å². The first-order chi connectivity index (χ1) is 7.73. The predicted molar refractivity (Wildman–Crippen MR) is 63.6 cm³/mol. The highest BCUT2D eigenvalue weighted by Crippen LogP contribution is 2.17. The Morgan fingerprint density at radius 3 is 2.62 bits per heavy atom. The van der Waals surface area contributed by atoms with Gasteiger partial charge in [0.05, 0.1) is 12.7 Å². The third-order valence-corrected chi connectivity index (χ3v) is 2.46. The maximum atomic E-state index is 9.14. The van der Waals surface area contributed by atoms with E-state index in [2.05, 4.69) is 13.0 Å². The van der Waals surface area contributed by atoms with Gasteiger partial charge in [0.15, 0.2) is 5.54 Å². The van der Waals surface area contributed by atoms with Gasteiger partial charge >= 0.3 is 0 Å². The SMILES string of the molecule is CCCCOCC(N)(C#N)c1ccccc1. The molecule has 0 fully saturated rings. The van der Waals surface area contributed by atoms with Crippen LogP contribution in [0.5, 0.6) is 0 Å². The molecular weight excluding hydrogens is 200 g/mol. The highest BCUT2D eigenvalue weighted by atomic mass is 16.5. The lowest BCUT2D eigenvalue weighted by atomic mass is 9.94. The molecule has 0 amide bonds. The molecule has 2 N–H and O–H groups in total. The van der Waals surface area contributed by atoms with Crippen molar-refractivity contribution in [1.29, 1.82) is 5.26 Å². The number of benzene rings is 1. The zero-order valence-electron chi connectivity index (χ0n) is 9.65. The van der Waals surface area contributed by atoms with Crippen molar-refractivity contribution < 1.29 is 4.74 Å². The quantitative estimate of drug-likeness (QED) is 0.744. The van der Waals surface area contributed by atoms with Crippen molar-refractivity contribution in [3.63, 3.8) is 0 Å². The van der Waals surface area contributed by atoms with Gasteiger partial charge in [0.2, 0.25) is 0 Å². The summed E-state index contributed by atoms with van der Waals surface area (Å²) < 4.78 is 5.44. The number of nitriles is 1. The van der Waals surface area contributed by atoms with Crippen LogP contribution in [-0.4, -0.2) is 13.2 Å². The summed E-state index contributed by atoms with van der Waals surface area (Å²) in [5.74, 6) is 0. The molecule has 0 aliphatic heterocycles. The van der Waals surface area contributed by atoms with Crippen molar-refractivity contribution in [3.8, 4) is 6.07 Å². The zero-order chi connectivity index (χ0) is 11.9. The van der Waals surface area contributed by atoms with E-state index >= 15 is 0 Å². The van der Waals surface area contributed by atoms with Crippen LogP contribution in [0, 0.1) is 11.3 Å². The van der Waals surface area contributed by atoms with Crippen LogP contribution in [0.3, 0.4) is 0 Å². The van der Waals surface area contributed by atoms with E-state index in [0.29, 0.717) is 6.61 Å². The fraction of sp³-hybridized carbons (Fsp3) is 0.462. The third kappa shape index (κ3) is 3.34. The first-order valence-electron chi connectivity index (χ1n) is 5.56. The van der Waals surface area contributed by atoms with Crippen LogP contribution in [0.2, 0.25) is 0 Å². The van der Waals surface area contributed by atoms with E-state index in [9.17, 15) is 0 Å². The summed E-state index contributed by atoms with van der Waals surface area (Å²) in [6, 6.07) is 11.5. The maximum absolute atomic E-state index is 9.14. The molecule has 0 saturated heterocycles. The molecule has 0 aliphatic carbocycles. The lowest BCUT2D eigenvalue weighted by Crippen LogP contribution is -2.40. The molecule has 0 bridgehead atoms. The third-order valence-electron chi connectivity index (χ3n) is 2.46. The Kier molecular flexibility index (Phi) is 4.97. The normalized spacial score (nSPS) is 14.1. The largest absolute Gasteiger partial charge is 0.378 e. The van der Waals surface area contributed by atoms with Crippen molar-refractivity contribution in [2.45, 2.75) is 25.3 Å². The zero-order valence-corrected chi connectivity index (χ0v) is 9.65. The van der Waals surface area contributed by atoms with Gasteiger partial charge in [-0.05, 0) is 12.0 Å². The number of hydrogen-bond donors (Lipinski definition) is 1. The van der Waals surface area contributed by atoms with Crippen molar-refractivity contribution >= 4 is 0 Å². The van der Waals surface area contributed by atoms with Crippen molar-refractivity contribution in [2.75, 3.05) is 13.2 Å². The molecule has 0 spiro atoms. The second kappa shape index (κ2) is 6.26. The smallest absolute Gasteiger partial charge is 0.153 e. The molecule has 1 aromatic rings. The van der Waals surface area contributed by atoms with E-state index in [-0.39, 0.29) is 6.61 Å². The average Bonchev–Trinajstić information content (AvgIpc) is 2.35. The minimum atomic E-state index is -1.03. The molecule has 0 aliphatic rings. The second-order valence-corrected chi connectivity index (χ2v) is 3.86. The van der Waals surface area contributed by atoms with E-state index in [4.69, 9.17) is 15.7 Å². The molecular formula is C13H18N2O. The Morgan fingerprint density at radius 2 is 2.06 bits per heavy atom. The summed E-state index contributed by atoms with van der Waals surface area (Å²) in [4.78, 5) is 0. The predicted octanol–water partition coefficient (Wildman–Crippen LogP) is 2.18. The molecule has 1 aromatic carbocycles. The summed E-state index contributed by atoms with van der Waals surface area (Å²) in [5.41, 5.74) is 5.78. The molecule has 1 atom stereocenters. The Labute approximate surface area is 96.8 Å². The first kappa shape index (κ1) is 12.7. The molecule has 86 valence electrons. The average molecular weight is 218 g/mol. The fourth-order valence-electron chi connectivity index (χ4n) is 1.40. The van der Waals surface area contributed by atoms with E-state index in [0.717, 1.165) is 18.4 Å². The van der Waals surface area contributed by atoms with E-state index in [1.807, 2.05) is 30.3 Å². The number of ether oxygens (including phenoxy) is 1. The van der Waals surface area contributed by atoms with Gasteiger partial charge in [-0.3, -0.25) is 0 Å². The number of nitrogens with zero attached hydrogens (tertiary/aromatic N) is 1. The number of nitrogens with two attached hydrogens (primary N) is 1. The molecule has 3 nitrogen and oxygen atoms in total. The second-order valence-electron chi connectivity index (χ2n) is 3.86. The first-order valence-corrected chi connectivity index (χ1v) is 5.56. The Bertz CT molecular complexity index is 345. The molecule has 1 unspecified atom stereocenters. The van der Waals surface area contributed by atoms with Crippen LogP contribution in [0.15, 0.2) is 30.3 Å². The van der Waals surface area contributed by atoms with Gasteiger partial charge < -0.3 is 10.5 Å². The number of rotatable bonds is 6. The van der Waals surface area contributed by atoms with Gasteiger partial charge in [-0.2, -0.15) is 5.26 Å². The van der Waals surface area contributed by atoms with Crippen molar-refractivity contribution in [3.05, 3.63) is 35.9 Å².